The highest BCUT2D eigenvalue weighted by atomic mass is 19.4. The molecule has 9 heteroatoms. The van der Waals surface area contributed by atoms with Gasteiger partial charge in [-0.15, -0.1) is 5.10 Å². The monoisotopic (exact) mass is 403 g/mol. The zero-order chi connectivity index (χ0) is 20.2. The van der Waals surface area contributed by atoms with E-state index in [9.17, 15) is 18.0 Å². The largest absolute Gasteiger partial charge is 0.395 e. The van der Waals surface area contributed by atoms with E-state index in [0.29, 0.717) is 31.7 Å². The Morgan fingerprint density at radius 1 is 1.07 bits per heavy atom. The molecular formula is C20H20F3N5O. The van der Waals surface area contributed by atoms with Gasteiger partial charge in [0.25, 0.3) is 11.7 Å². The van der Waals surface area contributed by atoms with Gasteiger partial charge < -0.3 is 4.90 Å². The number of halogens is 3. The number of carbonyl (C=O) groups excluding carboxylic acids is 1. The van der Waals surface area contributed by atoms with Crippen LogP contribution in [0.4, 0.5) is 13.2 Å². The third-order valence-corrected chi connectivity index (χ3v) is 6.48. The van der Waals surface area contributed by atoms with Gasteiger partial charge in [0, 0.05) is 25.5 Å². The summed E-state index contributed by atoms with van der Waals surface area (Å²) in [6.45, 7) is 1.10. The minimum atomic E-state index is -4.23. The van der Waals surface area contributed by atoms with E-state index < -0.39 is 18.0 Å². The highest BCUT2D eigenvalue weighted by Gasteiger charge is 2.50. The molecule has 1 aliphatic heterocycles. The first kappa shape index (κ1) is 18.3. The molecule has 1 saturated carbocycles. The molecule has 3 aliphatic rings. The molecule has 3 heterocycles. The zero-order valence-electron chi connectivity index (χ0n) is 15.5. The van der Waals surface area contributed by atoms with Gasteiger partial charge >= 0.3 is 6.18 Å². The fourth-order valence-electron chi connectivity index (χ4n) is 5.19. The quantitative estimate of drug-likeness (QED) is 0.773. The molecule has 1 saturated heterocycles. The number of hydrogen-bond donors (Lipinski definition) is 0. The first-order chi connectivity index (χ1) is 13.9. The molecule has 1 amide bonds. The van der Waals surface area contributed by atoms with Crippen LogP contribution in [0.3, 0.4) is 0 Å². The Bertz CT molecular complexity index is 950. The number of likely N-dealkylation sites (tertiary alicyclic amines) is 1. The SMILES string of the molecule is O=C(c1nc2ncccn2n1)N1C[C@H]2CC(C3C=CC=CC3C(F)(F)F)C[C@H]2C1. The lowest BCUT2D eigenvalue weighted by atomic mass is 9.77. The molecule has 0 bridgehead atoms. The van der Waals surface area contributed by atoms with E-state index in [1.165, 1.54) is 16.7 Å². The van der Waals surface area contributed by atoms with Crippen LogP contribution in [-0.2, 0) is 0 Å². The Labute approximate surface area is 165 Å². The van der Waals surface area contributed by atoms with Crippen LogP contribution in [0.1, 0.15) is 23.5 Å². The predicted molar refractivity (Wildman–Crippen MR) is 97.7 cm³/mol. The van der Waals surface area contributed by atoms with Crippen LogP contribution < -0.4 is 0 Å². The molecule has 29 heavy (non-hydrogen) atoms. The maximum atomic E-state index is 13.4. The van der Waals surface area contributed by atoms with Crippen molar-refractivity contribution >= 4 is 11.7 Å². The maximum Gasteiger partial charge on any atom is 0.395 e. The fourth-order valence-corrected chi connectivity index (χ4v) is 5.19. The Hall–Kier alpha value is -2.71. The van der Waals surface area contributed by atoms with Crippen molar-refractivity contribution in [2.45, 2.75) is 19.0 Å². The second-order valence-electron chi connectivity index (χ2n) is 8.18. The van der Waals surface area contributed by atoms with Crippen LogP contribution in [0, 0.1) is 29.6 Å². The predicted octanol–water partition coefficient (Wildman–Crippen LogP) is 3.14. The Morgan fingerprint density at radius 3 is 2.48 bits per heavy atom. The minimum Gasteiger partial charge on any atom is -0.335 e. The molecule has 6 nitrogen and oxygen atoms in total. The number of alkyl halides is 3. The van der Waals surface area contributed by atoms with E-state index in [-0.39, 0.29) is 29.5 Å². The molecule has 2 fully saturated rings. The standard InChI is InChI=1S/C20H20F3N5O/c21-20(22,23)16-5-2-1-4-15(16)12-8-13-10-27(11-14(13)9-12)18(29)17-25-19-24-6-3-7-28(19)26-17/h1-7,12-16H,8-11H2/t12?,13-,14+,15?,16?. The lowest BCUT2D eigenvalue weighted by Gasteiger charge is -2.31. The van der Waals surface area contributed by atoms with Gasteiger partial charge in [-0.1, -0.05) is 24.3 Å². The summed E-state index contributed by atoms with van der Waals surface area (Å²) < 4.78 is 41.7. The van der Waals surface area contributed by atoms with Gasteiger partial charge in [0.05, 0.1) is 5.92 Å². The molecule has 5 rings (SSSR count). The van der Waals surface area contributed by atoms with Crippen LogP contribution in [0.5, 0.6) is 0 Å². The number of hydrogen-bond acceptors (Lipinski definition) is 4. The normalized spacial score (nSPS) is 31.6. The summed E-state index contributed by atoms with van der Waals surface area (Å²) in [5.41, 5.74) is 0. The van der Waals surface area contributed by atoms with Crippen molar-refractivity contribution in [3.63, 3.8) is 0 Å². The number of carbonyl (C=O) groups is 1. The summed E-state index contributed by atoms with van der Waals surface area (Å²) in [6, 6.07) is 1.71. The van der Waals surface area contributed by atoms with E-state index in [1.807, 2.05) is 0 Å². The van der Waals surface area contributed by atoms with Crippen LogP contribution >= 0.6 is 0 Å². The fraction of sp³-hybridized carbons (Fsp3) is 0.500. The first-order valence-corrected chi connectivity index (χ1v) is 9.78. The van der Waals surface area contributed by atoms with Gasteiger partial charge in [0.15, 0.2) is 0 Å². The van der Waals surface area contributed by atoms with Crippen molar-refractivity contribution in [3.05, 3.63) is 48.6 Å². The molecule has 5 atom stereocenters. The second-order valence-corrected chi connectivity index (χ2v) is 8.18. The van der Waals surface area contributed by atoms with Crippen LogP contribution in [0.15, 0.2) is 42.8 Å². The number of allylic oxidation sites excluding steroid dienone is 4. The average molecular weight is 403 g/mol. The minimum absolute atomic E-state index is 0.00686. The maximum absolute atomic E-state index is 13.4. The molecule has 2 aromatic rings. The van der Waals surface area contributed by atoms with E-state index >= 15 is 0 Å². The van der Waals surface area contributed by atoms with Gasteiger partial charge in [0.1, 0.15) is 0 Å². The molecule has 0 radical (unpaired) electrons. The Kier molecular flexibility index (Phi) is 4.22. The number of amides is 1. The highest BCUT2D eigenvalue weighted by molar-refractivity contribution is 5.91. The number of fused-ring (bicyclic) bond motifs is 2. The number of rotatable bonds is 2. The molecule has 2 aromatic heterocycles. The third kappa shape index (κ3) is 3.22. The molecule has 152 valence electrons. The number of aromatic nitrogens is 4. The van der Waals surface area contributed by atoms with Crippen molar-refractivity contribution < 1.29 is 18.0 Å². The zero-order valence-corrected chi connectivity index (χ0v) is 15.5. The molecule has 0 aromatic carbocycles. The van der Waals surface area contributed by atoms with Gasteiger partial charge in [-0.25, -0.2) is 9.50 Å². The molecular weight excluding hydrogens is 383 g/mol. The van der Waals surface area contributed by atoms with Gasteiger partial charge in [-0.3, -0.25) is 4.79 Å². The topological polar surface area (TPSA) is 63.4 Å². The van der Waals surface area contributed by atoms with E-state index in [2.05, 4.69) is 15.1 Å². The lowest BCUT2D eigenvalue weighted by molar-refractivity contribution is -0.174. The molecule has 2 aliphatic carbocycles. The summed E-state index contributed by atoms with van der Waals surface area (Å²) in [5.74, 6) is -1.24. The smallest absolute Gasteiger partial charge is 0.335 e. The average Bonchev–Trinajstić information content (AvgIpc) is 3.39. The number of nitrogens with zero attached hydrogens (tertiary/aromatic N) is 5. The highest BCUT2D eigenvalue weighted by Crippen LogP contribution is 2.50. The van der Waals surface area contributed by atoms with E-state index in [4.69, 9.17) is 0 Å². The van der Waals surface area contributed by atoms with Crippen molar-refractivity contribution in [1.82, 2.24) is 24.5 Å². The van der Waals surface area contributed by atoms with Gasteiger partial charge in [-0.05, 0) is 42.6 Å². The summed E-state index contributed by atoms with van der Waals surface area (Å²) in [4.78, 5) is 22.8. The van der Waals surface area contributed by atoms with Crippen molar-refractivity contribution in [1.29, 1.82) is 0 Å². The van der Waals surface area contributed by atoms with Crippen LogP contribution in [-0.4, -0.2) is 49.7 Å². The Balaban J connectivity index is 1.27. The first-order valence-electron chi connectivity index (χ1n) is 9.78. The van der Waals surface area contributed by atoms with Crippen LogP contribution in [0.2, 0.25) is 0 Å². The summed E-state index contributed by atoms with van der Waals surface area (Å²) in [5, 5.41) is 4.19. The van der Waals surface area contributed by atoms with Crippen molar-refractivity contribution in [3.8, 4) is 0 Å². The van der Waals surface area contributed by atoms with E-state index in [0.717, 1.165) is 0 Å². The summed E-state index contributed by atoms with van der Waals surface area (Å²) in [7, 11) is 0. The summed E-state index contributed by atoms with van der Waals surface area (Å²) >= 11 is 0. The second kappa shape index (κ2) is 6.67. The molecule has 0 N–H and O–H groups in total. The third-order valence-electron chi connectivity index (χ3n) is 6.48. The van der Waals surface area contributed by atoms with Crippen molar-refractivity contribution in [2.24, 2.45) is 29.6 Å². The lowest BCUT2D eigenvalue weighted by Crippen LogP contribution is -2.34. The van der Waals surface area contributed by atoms with Crippen LogP contribution in [0.25, 0.3) is 5.78 Å². The van der Waals surface area contributed by atoms with E-state index in [1.54, 1.807) is 35.5 Å². The molecule has 0 spiro atoms. The molecule has 3 unspecified atom stereocenters. The van der Waals surface area contributed by atoms with Crippen molar-refractivity contribution in [2.75, 3.05) is 13.1 Å². The Morgan fingerprint density at radius 2 is 1.79 bits per heavy atom. The van der Waals surface area contributed by atoms with Gasteiger partial charge in [0.2, 0.25) is 5.82 Å². The summed E-state index contributed by atoms with van der Waals surface area (Å²) in [6.07, 6.45) is 6.66. The van der Waals surface area contributed by atoms with Gasteiger partial charge in [-0.2, -0.15) is 18.2 Å².